The van der Waals surface area contributed by atoms with Crippen molar-refractivity contribution in [3.63, 3.8) is 0 Å². The van der Waals surface area contributed by atoms with Crippen LogP contribution >= 0.6 is 0 Å². The van der Waals surface area contributed by atoms with E-state index in [0.717, 1.165) is 24.0 Å². The van der Waals surface area contributed by atoms with Crippen LogP contribution in [0, 0.1) is 5.92 Å². The van der Waals surface area contributed by atoms with Crippen LogP contribution in [0.4, 0.5) is 0 Å². The normalized spacial score (nSPS) is 37.4. The SMILES string of the molecule is CC(CNC1CCCC1C1CCCCN1)N1CCCC1. The fraction of sp³-hybridized carbons (Fsp3) is 1.00. The molecule has 0 bridgehead atoms. The quantitative estimate of drug-likeness (QED) is 0.809. The summed E-state index contributed by atoms with van der Waals surface area (Å²) in [5, 5.41) is 7.71. The Kier molecular flexibility index (Phi) is 5.36. The van der Waals surface area contributed by atoms with Crippen molar-refractivity contribution in [1.29, 1.82) is 0 Å². The molecule has 4 unspecified atom stereocenters. The largest absolute Gasteiger partial charge is 0.314 e. The van der Waals surface area contributed by atoms with Gasteiger partial charge in [-0.25, -0.2) is 0 Å². The first-order chi connectivity index (χ1) is 9.84. The topological polar surface area (TPSA) is 27.3 Å². The standard InChI is InChI=1S/C17H33N3/c1-14(20-11-4-5-12-20)13-19-17-9-6-7-15(17)16-8-2-3-10-18-16/h14-19H,2-13H2,1H3. The predicted molar refractivity (Wildman–Crippen MR) is 85.0 cm³/mol. The summed E-state index contributed by atoms with van der Waals surface area (Å²) in [4.78, 5) is 2.66. The number of likely N-dealkylation sites (tertiary alicyclic amines) is 1. The molecule has 116 valence electrons. The zero-order valence-electron chi connectivity index (χ0n) is 13.2. The van der Waals surface area contributed by atoms with Gasteiger partial charge in [0.1, 0.15) is 0 Å². The van der Waals surface area contributed by atoms with Crippen LogP contribution in [0.3, 0.4) is 0 Å². The molecule has 0 radical (unpaired) electrons. The summed E-state index contributed by atoms with van der Waals surface area (Å²) in [5.74, 6) is 0.890. The molecule has 0 aromatic carbocycles. The van der Waals surface area contributed by atoms with Gasteiger partial charge in [-0.15, -0.1) is 0 Å². The minimum Gasteiger partial charge on any atom is -0.314 e. The molecule has 3 nitrogen and oxygen atoms in total. The van der Waals surface area contributed by atoms with Crippen molar-refractivity contribution < 1.29 is 0 Å². The van der Waals surface area contributed by atoms with Gasteiger partial charge >= 0.3 is 0 Å². The Morgan fingerprint density at radius 2 is 1.90 bits per heavy atom. The van der Waals surface area contributed by atoms with Crippen LogP contribution in [-0.2, 0) is 0 Å². The van der Waals surface area contributed by atoms with Crippen molar-refractivity contribution in [2.24, 2.45) is 5.92 Å². The second-order valence-electron chi connectivity index (χ2n) is 7.26. The Labute approximate surface area is 124 Å². The number of hydrogen-bond donors (Lipinski definition) is 2. The summed E-state index contributed by atoms with van der Waals surface area (Å²) < 4.78 is 0. The number of nitrogens with one attached hydrogen (secondary N) is 2. The average molecular weight is 279 g/mol. The molecule has 3 heteroatoms. The Hall–Kier alpha value is -0.120. The maximum Gasteiger partial charge on any atom is 0.0192 e. The summed E-state index contributed by atoms with van der Waals surface area (Å²) in [6.45, 7) is 7.48. The molecule has 0 spiro atoms. The van der Waals surface area contributed by atoms with Gasteiger partial charge in [0, 0.05) is 24.7 Å². The first-order valence-corrected chi connectivity index (χ1v) is 9.05. The van der Waals surface area contributed by atoms with Crippen molar-refractivity contribution in [3.8, 4) is 0 Å². The van der Waals surface area contributed by atoms with Gasteiger partial charge in [-0.3, -0.25) is 4.90 Å². The Balaban J connectivity index is 1.45. The molecule has 2 heterocycles. The molecule has 1 saturated carbocycles. The summed E-state index contributed by atoms with van der Waals surface area (Å²) >= 11 is 0. The van der Waals surface area contributed by atoms with Crippen molar-refractivity contribution in [3.05, 3.63) is 0 Å². The van der Waals surface area contributed by atoms with E-state index in [4.69, 9.17) is 0 Å². The van der Waals surface area contributed by atoms with Crippen molar-refractivity contribution in [2.45, 2.75) is 76.4 Å². The van der Waals surface area contributed by atoms with E-state index < -0.39 is 0 Å². The van der Waals surface area contributed by atoms with E-state index in [2.05, 4.69) is 22.5 Å². The number of piperidine rings is 1. The molecule has 3 rings (SSSR count). The van der Waals surface area contributed by atoms with Gasteiger partial charge in [-0.05, 0) is 71.0 Å². The molecule has 0 aromatic rings. The molecular formula is C17H33N3. The molecular weight excluding hydrogens is 246 g/mol. The molecule has 4 atom stereocenters. The highest BCUT2D eigenvalue weighted by molar-refractivity contribution is 4.93. The molecule has 0 aromatic heterocycles. The van der Waals surface area contributed by atoms with Gasteiger partial charge in [-0.1, -0.05) is 12.8 Å². The van der Waals surface area contributed by atoms with Crippen molar-refractivity contribution >= 4 is 0 Å². The monoisotopic (exact) mass is 279 g/mol. The minimum absolute atomic E-state index is 0.720. The van der Waals surface area contributed by atoms with Gasteiger partial charge in [0.2, 0.25) is 0 Å². The fourth-order valence-electron chi connectivity index (χ4n) is 4.60. The molecule has 1 aliphatic carbocycles. The minimum atomic E-state index is 0.720. The lowest BCUT2D eigenvalue weighted by Crippen LogP contribution is -2.49. The highest BCUT2D eigenvalue weighted by Gasteiger charge is 2.34. The first kappa shape index (κ1) is 14.8. The van der Waals surface area contributed by atoms with Crippen molar-refractivity contribution in [1.82, 2.24) is 15.5 Å². The van der Waals surface area contributed by atoms with E-state index in [0.29, 0.717) is 0 Å². The molecule has 3 aliphatic rings. The van der Waals surface area contributed by atoms with Crippen LogP contribution in [0.15, 0.2) is 0 Å². The highest BCUT2D eigenvalue weighted by atomic mass is 15.2. The summed E-state index contributed by atoms with van der Waals surface area (Å²) in [7, 11) is 0. The van der Waals surface area contributed by atoms with Crippen LogP contribution in [0.1, 0.15) is 58.3 Å². The van der Waals surface area contributed by atoms with E-state index in [1.165, 1.54) is 77.5 Å². The van der Waals surface area contributed by atoms with E-state index >= 15 is 0 Å². The van der Waals surface area contributed by atoms with Crippen molar-refractivity contribution in [2.75, 3.05) is 26.2 Å². The third kappa shape index (κ3) is 3.55. The van der Waals surface area contributed by atoms with Crippen LogP contribution in [0.25, 0.3) is 0 Å². The second kappa shape index (κ2) is 7.24. The smallest absolute Gasteiger partial charge is 0.0192 e. The number of nitrogens with zero attached hydrogens (tertiary/aromatic N) is 1. The Morgan fingerprint density at radius 3 is 2.65 bits per heavy atom. The summed E-state index contributed by atoms with van der Waals surface area (Å²) in [6.07, 6.45) is 11.3. The summed E-state index contributed by atoms with van der Waals surface area (Å²) in [6, 6.07) is 2.29. The zero-order valence-corrected chi connectivity index (χ0v) is 13.2. The Bertz CT molecular complexity index is 282. The number of rotatable bonds is 5. The third-order valence-electron chi connectivity index (χ3n) is 5.87. The summed E-state index contributed by atoms with van der Waals surface area (Å²) in [5.41, 5.74) is 0. The van der Waals surface area contributed by atoms with E-state index in [-0.39, 0.29) is 0 Å². The van der Waals surface area contributed by atoms with Gasteiger partial charge in [0.05, 0.1) is 0 Å². The molecule has 20 heavy (non-hydrogen) atoms. The third-order valence-corrected chi connectivity index (χ3v) is 5.87. The zero-order chi connectivity index (χ0) is 13.8. The second-order valence-corrected chi connectivity index (χ2v) is 7.26. The first-order valence-electron chi connectivity index (χ1n) is 9.05. The van der Waals surface area contributed by atoms with E-state index in [1.54, 1.807) is 0 Å². The molecule has 3 fully saturated rings. The lowest BCUT2D eigenvalue weighted by atomic mass is 9.88. The maximum absolute atomic E-state index is 3.92. The van der Waals surface area contributed by atoms with Gasteiger partial charge < -0.3 is 10.6 Å². The van der Waals surface area contributed by atoms with E-state index in [9.17, 15) is 0 Å². The Morgan fingerprint density at radius 1 is 1.05 bits per heavy atom. The lowest BCUT2D eigenvalue weighted by molar-refractivity contribution is 0.219. The number of hydrogen-bond acceptors (Lipinski definition) is 3. The van der Waals surface area contributed by atoms with Gasteiger partial charge in [0.15, 0.2) is 0 Å². The van der Waals surface area contributed by atoms with Crippen LogP contribution < -0.4 is 10.6 Å². The molecule has 2 aliphatic heterocycles. The van der Waals surface area contributed by atoms with Gasteiger partial charge in [0.25, 0.3) is 0 Å². The molecule has 2 N–H and O–H groups in total. The lowest BCUT2D eigenvalue weighted by Gasteiger charge is -2.34. The van der Waals surface area contributed by atoms with Crippen LogP contribution in [0.2, 0.25) is 0 Å². The molecule has 0 amide bonds. The van der Waals surface area contributed by atoms with Crippen LogP contribution in [0.5, 0.6) is 0 Å². The van der Waals surface area contributed by atoms with E-state index in [1.807, 2.05) is 0 Å². The van der Waals surface area contributed by atoms with Crippen LogP contribution in [-0.4, -0.2) is 49.2 Å². The molecule has 2 saturated heterocycles. The average Bonchev–Trinajstić information content (AvgIpc) is 3.17. The predicted octanol–water partition coefficient (Wildman–Crippen LogP) is 2.37. The van der Waals surface area contributed by atoms with Gasteiger partial charge in [-0.2, -0.15) is 0 Å². The maximum atomic E-state index is 3.92. The highest BCUT2D eigenvalue weighted by Crippen LogP contribution is 2.31. The fourth-order valence-corrected chi connectivity index (χ4v) is 4.60.